The molecule has 2 aromatic heterocycles. The molecule has 0 bridgehead atoms. The van der Waals surface area contributed by atoms with Gasteiger partial charge >= 0.3 is 11.7 Å². The van der Waals surface area contributed by atoms with Gasteiger partial charge in [0.15, 0.2) is 5.65 Å². The zero-order valence-corrected chi connectivity index (χ0v) is 9.15. The molecular formula is C8H10N4O2S. The number of H-pyrrole nitrogens is 1. The maximum Gasteiger partial charge on any atom is 0.352 e. The van der Waals surface area contributed by atoms with Crippen LogP contribution < -0.4 is 9.87 Å². The molecule has 0 radical (unpaired) electrons. The molecule has 1 N–H and O–H groups in total. The van der Waals surface area contributed by atoms with Crippen molar-refractivity contribution in [3.63, 3.8) is 0 Å². The summed E-state index contributed by atoms with van der Waals surface area (Å²) in [4.78, 5) is 18.0. The minimum absolute atomic E-state index is 0.0678. The minimum Gasteiger partial charge on any atom is -0.394 e. The molecule has 6 nitrogen and oxygen atoms in total. The largest absolute Gasteiger partial charge is 0.394 e. The molecule has 2 aromatic rings. The van der Waals surface area contributed by atoms with Crippen molar-refractivity contribution in [2.24, 2.45) is 0 Å². The smallest absolute Gasteiger partial charge is 0.352 e. The van der Waals surface area contributed by atoms with Crippen LogP contribution in [0.5, 0.6) is 6.01 Å². The highest BCUT2D eigenvalue weighted by atomic mass is 32.1. The Labute approximate surface area is 90.9 Å². The molecule has 80 valence electrons. The quantitative estimate of drug-likeness (QED) is 0.586. The maximum atomic E-state index is 11.5. The first kappa shape index (κ1) is 10.0. The van der Waals surface area contributed by atoms with Gasteiger partial charge in [0, 0.05) is 18.5 Å². The lowest BCUT2D eigenvalue weighted by Gasteiger charge is -2.01. The van der Waals surface area contributed by atoms with Gasteiger partial charge in [-0.25, -0.2) is 4.79 Å². The lowest BCUT2D eigenvalue weighted by Crippen LogP contribution is -2.18. The SMILES string of the molecule is CC(C)c1cnn2c(=O)[nH]c(OS)nc12. The Morgan fingerprint density at radius 3 is 2.93 bits per heavy atom. The van der Waals surface area contributed by atoms with Crippen LogP contribution >= 0.6 is 12.9 Å². The van der Waals surface area contributed by atoms with E-state index in [-0.39, 0.29) is 11.9 Å². The highest BCUT2D eigenvalue weighted by Crippen LogP contribution is 2.18. The average Bonchev–Trinajstić information content (AvgIpc) is 2.61. The van der Waals surface area contributed by atoms with Crippen LogP contribution in [0.4, 0.5) is 0 Å². The Balaban J connectivity index is 2.78. The van der Waals surface area contributed by atoms with Gasteiger partial charge < -0.3 is 4.18 Å². The van der Waals surface area contributed by atoms with Crippen LogP contribution in [0.15, 0.2) is 11.0 Å². The molecule has 0 aliphatic rings. The standard InChI is InChI=1S/C8H10N4O2S/c1-4(2)5-3-9-12-6(5)10-7(14-15)11-8(12)13/h3-4,15H,1-2H3,(H,10,11,13). The van der Waals surface area contributed by atoms with Gasteiger partial charge in [-0.15, -0.1) is 0 Å². The van der Waals surface area contributed by atoms with Gasteiger partial charge in [0.1, 0.15) is 0 Å². The normalized spacial score (nSPS) is 11.2. The van der Waals surface area contributed by atoms with Crippen LogP contribution in [0.3, 0.4) is 0 Å². The Bertz CT molecular complexity index is 545. The van der Waals surface area contributed by atoms with E-state index in [0.717, 1.165) is 5.56 Å². The molecule has 0 aliphatic heterocycles. The molecule has 0 unspecified atom stereocenters. The second kappa shape index (κ2) is 3.58. The maximum absolute atomic E-state index is 11.5. The third kappa shape index (κ3) is 1.58. The number of rotatable bonds is 2. The van der Waals surface area contributed by atoms with Gasteiger partial charge in [0.05, 0.1) is 6.20 Å². The van der Waals surface area contributed by atoms with Crippen LogP contribution in [-0.4, -0.2) is 19.6 Å². The van der Waals surface area contributed by atoms with Gasteiger partial charge in [-0.3, -0.25) is 4.98 Å². The summed E-state index contributed by atoms with van der Waals surface area (Å²) in [5.41, 5.74) is 1.00. The number of aromatic nitrogens is 4. The highest BCUT2D eigenvalue weighted by Gasteiger charge is 2.12. The van der Waals surface area contributed by atoms with Crippen molar-refractivity contribution in [3.05, 3.63) is 22.2 Å². The molecule has 15 heavy (non-hydrogen) atoms. The van der Waals surface area contributed by atoms with E-state index in [4.69, 9.17) is 0 Å². The molecule has 0 saturated heterocycles. The van der Waals surface area contributed by atoms with Crippen molar-refractivity contribution >= 4 is 18.6 Å². The number of hydrogen-bond acceptors (Lipinski definition) is 5. The Kier molecular flexibility index (Phi) is 2.39. The fourth-order valence-electron chi connectivity index (χ4n) is 1.33. The number of nitrogens with zero attached hydrogens (tertiary/aromatic N) is 3. The van der Waals surface area contributed by atoms with E-state index in [9.17, 15) is 4.79 Å². The van der Waals surface area contributed by atoms with E-state index >= 15 is 0 Å². The first-order chi connectivity index (χ1) is 7.13. The summed E-state index contributed by atoms with van der Waals surface area (Å²) in [6.45, 7) is 4.00. The van der Waals surface area contributed by atoms with Gasteiger partial charge in [-0.2, -0.15) is 14.6 Å². The highest BCUT2D eigenvalue weighted by molar-refractivity contribution is 7.75. The second-order valence-electron chi connectivity index (χ2n) is 3.43. The summed E-state index contributed by atoms with van der Waals surface area (Å²) in [7, 11) is 0. The minimum atomic E-state index is -0.393. The van der Waals surface area contributed by atoms with E-state index in [1.54, 1.807) is 6.20 Å². The van der Waals surface area contributed by atoms with Crippen LogP contribution in [0.25, 0.3) is 5.65 Å². The number of aromatic amines is 1. The van der Waals surface area contributed by atoms with Crippen molar-refractivity contribution in [1.82, 2.24) is 19.6 Å². The molecule has 2 rings (SSSR count). The van der Waals surface area contributed by atoms with Crippen LogP contribution in [-0.2, 0) is 0 Å². The summed E-state index contributed by atoms with van der Waals surface area (Å²) in [6.07, 6.45) is 1.63. The molecule has 0 saturated carbocycles. The van der Waals surface area contributed by atoms with E-state index < -0.39 is 5.69 Å². The van der Waals surface area contributed by atoms with Crippen molar-refractivity contribution < 1.29 is 4.18 Å². The van der Waals surface area contributed by atoms with Crippen LogP contribution in [0.2, 0.25) is 0 Å². The van der Waals surface area contributed by atoms with E-state index in [2.05, 4.69) is 32.2 Å². The summed E-state index contributed by atoms with van der Waals surface area (Å²) >= 11 is 3.59. The molecule has 0 fully saturated rings. The summed E-state index contributed by atoms with van der Waals surface area (Å²) in [5.74, 6) is 0.240. The third-order valence-corrected chi connectivity index (χ3v) is 2.27. The molecule has 2 heterocycles. The Morgan fingerprint density at radius 2 is 2.33 bits per heavy atom. The zero-order chi connectivity index (χ0) is 11.0. The lowest BCUT2D eigenvalue weighted by atomic mass is 10.1. The predicted octanol–water partition coefficient (Wildman–Crippen LogP) is 0.765. The molecule has 7 heteroatoms. The zero-order valence-electron chi connectivity index (χ0n) is 8.26. The predicted molar refractivity (Wildman–Crippen MR) is 57.3 cm³/mol. The average molecular weight is 226 g/mol. The van der Waals surface area contributed by atoms with Crippen molar-refractivity contribution in [3.8, 4) is 6.01 Å². The number of hydrogen-bond donors (Lipinski definition) is 2. The fraction of sp³-hybridized carbons (Fsp3) is 0.375. The monoisotopic (exact) mass is 226 g/mol. The second-order valence-corrected chi connectivity index (χ2v) is 3.61. The molecule has 0 spiro atoms. The van der Waals surface area contributed by atoms with Crippen LogP contribution in [0, 0.1) is 0 Å². The first-order valence-electron chi connectivity index (χ1n) is 4.43. The molecule has 0 aliphatic carbocycles. The topological polar surface area (TPSA) is 72.3 Å². The van der Waals surface area contributed by atoms with Gasteiger partial charge in [0.25, 0.3) is 0 Å². The summed E-state index contributed by atoms with van der Waals surface area (Å²) < 4.78 is 5.79. The van der Waals surface area contributed by atoms with Gasteiger partial charge in [-0.05, 0) is 5.92 Å². The van der Waals surface area contributed by atoms with Crippen molar-refractivity contribution in [1.29, 1.82) is 0 Å². The molecule has 0 atom stereocenters. The molecular weight excluding hydrogens is 216 g/mol. The number of thiol groups is 1. The molecule has 0 aromatic carbocycles. The van der Waals surface area contributed by atoms with E-state index in [1.807, 2.05) is 13.8 Å². The van der Waals surface area contributed by atoms with E-state index in [1.165, 1.54) is 4.52 Å². The fourth-order valence-corrected chi connectivity index (χ4v) is 1.42. The van der Waals surface area contributed by atoms with Crippen molar-refractivity contribution in [2.45, 2.75) is 19.8 Å². The van der Waals surface area contributed by atoms with E-state index in [0.29, 0.717) is 5.65 Å². The molecule has 0 amide bonds. The van der Waals surface area contributed by atoms with Crippen molar-refractivity contribution in [2.75, 3.05) is 0 Å². The van der Waals surface area contributed by atoms with Gasteiger partial charge in [-0.1, -0.05) is 13.8 Å². The lowest BCUT2D eigenvalue weighted by molar-refractivity contribution is 0.581. The van der Waals surface area contributed by atoms with Gasteiger partial charge in [0.2, 0.25) is 0 Å². The third-order valence-electron chi connectivity index (χ3n) is 2.09. The van der Waals surface area contributed by atoms with Crippen LogP contribution in [0.1, 0.15) is 25.3 Å². The summed E-state index contributed by atoms with van der Waals surface area (Å²) in [6, 6.07) is 0.0678. The number of fused-ring (bicyclic) bond motifs is 1. The summed E-state index contributed by atoms with van der Waals surface area (Å²) in [5, 5.41) is 3.94. The Hall–Kier alpha value is -1.50. The Morgan fingerprint density at radius 1 is 1.60 bits per heavy atom. The first-order valence-corrected chi connectivity index (χ1v) is 4.79. The number of nitrogens with one attached hydrogen (secondary N) is 1.